The van der Waals surface area contributed by atoms with Crippen molar-refractivity contribution in [2.45, 2.75) is 30.6 Å². The van der Waals surface area contributed by atoms with Gasteiger partial charge in [0.15, 0.2) is 0 Å². The number of hydrogen-bond acceptors (Lipinski definition) is 4. The number of carbonyl (C=O) groups excluding carboxylic acids is 2. The monoisotopic (exact) mass is 638 g/mol. The van der Waals surface area contributed by atoms with Gasteiger partial charge in [0.25, 0.3) is 0 Å². The molecule has 45 heavy (non-hydrogen) atoms. The topological polar surface area (TPSA) is 81.1 Å². The summed E-state index contributed by atoms with van der Waals surface area (Å²) in [5.41, 5.74) is 4.16. The Morgan fingerprint density at radius 3 is 1.47 bits per heavy atom. The SMILES string of the molecule is O=C(CC(CC(=O)N1C[C@@H](CCl)c2c1cc(O)c1ccccc21)c1ccccc1)N1C[C@@H](CCl)c2c1cc(O)c1ccccc21. The lowest BCUT2D eigenvalue weighted by Crippen LogP contribution is -2.34. The predicted molar refractivity (Wildman–Crippen MR) is 181 cm³/mol. The molecule has 7 rings (SSSR count). The van der Waals surface area contributed by atoms with E-state index in [1.165, 1.54) is 0 Å². The number of carbonyl (C=O) groups is 2. The Morgan fingerprint density at radius 2 is 1.04 bits per heavy atom. The van der Waals surface area contributed by atoms with E-state index in [4.69, 9.17) is 23.2 Å². The van der Waals surface area contributed by atoms with Crippen LogP contribution in [0.25, 0.3) is 21.5 Å². The molecule has 2 aliphatic rings. The van der Waals surface area contributed by atoms with Gasteiger partial charge in [0.1, 0.15) is 11.5 Å². The second-order valence-electron chi connectivity index (χ2n) is 12.0. The highest BCUT2D eigenvalue weighted by Crippen LogP contribution is 2.47. The third-order valence-electron chi connectivity index (χ3n) is 9.38. The van der Waals surface area contributed by atoms with Crippen LogP contribution in [0.4, 0.5) is 11.4 Å². The summed E-state index contributed by atoms with van der Waals surface area (Å²) in [4.78, 5) is 31.7. The molecule has 2 amide bonds. The number of fused-ring (bicyclic) bond motifs is 6. The molecule has 2 atom stereocenters. The quantitative estimate of drug-likeness (QED) is 0.177. The van der Waals surface area contributed by atoms with Crippen LogP contribution in [0.1, 0.15) is 47.3 Å². The van der Waals surface area contributed by atoms with Gasteiger partial charge >= 0.3 is 0 Å². The number of phenols is 2. The molecule has 0 saturated carbocycles. The Balaban J connectivity index is 1.21. The number of benzene rings is 5. The standard InChI is InChI=1S/C37H32Cl2N2O4/c38-18-24-20-40(30-16-32(42)26-10-4-6-12-28(26)36(24)30)34(44)14-23(22-8-2-1-3-9-22)15-35(45)41-21-25(19-39)37-29-13-7-5-11-27(29)33(43)17-31(37)41/h1-13,16-17,23-25,42-43H,14-15,18-21H2/t24-,25-/m1/s1. The first kappa shape index (κ1) is 29.5. The van der Waals surface area contributed by atoms with Gasteiger partial charge in [0.05, 0.1) is 11.4 Å². The van der Waals surface area contributed by atoms with E-state index in [1.54, 1.807) is 21.9 Å². The van der Waals surface area contributed by atoms with Crippen LogP contribution in [0.5, 0.6) is 11.5 Å². The molecule has 5 aromatic rings. The Morgan fingerprint density at radius 1 is 0.644 bits per heavy atom. The van der Waals surface area contributed by atoms with Crippen LogP contribution in [0.3, 0.4) is 0 Å². The summed E-state index contributed by atoms with van der Waals surface area (Å²) in [5, 5.41) is 24.9. The number of rotatable bonds is 7. The fourth-order valence-corrected chi connectivity index (χ4v) is 7.76. The molecule has 2 heterocycles. The molecule has 0 radical (unpaired) electrons. The van der Waals surface area contributed by atoms with Crippen molar-refractivity contribution in [3.63, 3.8) is 0 Å². The van der Waals surface area contributed by atoms with Gasteiger partial charge in [-0.3, -0.25) is 9.59 Å². The molecule has 5 aromatic carbocycles. The molecule has 0 aromatic heterocycles. The zero-order chi connectivity index (χ0) is 31.2. The minimum absolute atomic E-state index is 0.0796. The maximum absolute atomic E-state index is 14.1. The van der Waals surface area contributed by atoms with E-state index in [-0.39, 0.29) is 48.0 Å². The number of amides is 2. The molecule has 0 fully saturated rings. The van der Waals surface area contributed by atoms with E-state index in [0.717, 1.165) is 38.2 Å². The van der Waals surface area contributed by atoms with Gasteiger partial charge in [-0.15, -0.1) is 23.2 Å². The van der Waals surface area contributed by atoms with E-state index >= 15 is 0 Å². The Hall–Kier alpha value is -4.26. The van der Waals surface area contributed by atoms with Crippen molar-refractivity contribution in [2.75, 3.05) is 34.6 Å². The second-order valence-corrected chi connectivity index (χ2v) is 12.6. The van der Waals surface area contributed by atoms with E-state index in [0.29, 0.717) is 36.2 Å². The predicted octanol–water partition coefficient (Wildman–Crippen LogP) is 8.01. The lowest BCUT2D eigenvalue weighted by Gasteiger charge is -2.25. The summed E-state index contributed by atoms with van der Waals surface area (Å²) in [6.45, 7) is 0.813. The van der Waals surface area contributed by atoms with Crippen molar-refractivity contribution in [2.24, 2.45) is 0 Å². The highest BCUT2D eigenvalue weighted by Gasteiger charge is 2.38. The lowest BCUT2D eigenvalue weighted by molar-refractivity contribution is -0.120. The molecular formula is C37H32Cl2N2O4. The van der Waals surface area contributed by atoms with Gasteiger partial charge < -0.3 is 20.0 Å². The number of anilines is 2. The van der Waals surface area contributed by atoms with Crippen molar-refractivity contribution in [3.8, 4) is 11.5 Å². The van der Waals surface area contributed by atoms with Gasteiger partial charge in [-0.25, -0.2) is 0 Å². The summed E-state index contributed by atoms with van der Waals surface area (Å²) in [6.07, 6.45) is 0.195. The van der Waals surface area contributed by atoms with Gasteiger partial charge in [-0.05, 0) is 27.5 Å². The zero-order valence-electron chi connectivity index (χ0n) is 24.5. The normalized spacial score (nSPS) is 17.3. The molecular weight excluding hydrogens is 607 g/mol. The van der Waals surface area contributed by atoms with Crippen LogP contribution >= 0.6 is 23.2 Å². The number of aromatic hydroxyl groups is 2. The molecule has 0 saturated heterocycles. The van der Waals surface area contributed by atoms with Crippen LogP contribution in [0.15, 0.2) is 91.0 Å². The number of phenolic OH excluding ortho intramolecular Hbond substituents is 2. The van der Waals surface area contributed by atoms with Crippen LogP contribution in [0.2, 0.25) is 0 Å². The highest BCUT2D eigenvalue weighted by molar-refractivity contribution is 6.19. The molecule has 2 aliphatic heterocycles. The van der Waals surface area contributed by atoms with E-state index < -0.39 is 5.92 Å². The van der Waals surface area contributed by atoms with Crippen molar-refractivity contribution in [1.82, 2.24) is 0 Å². The average Bonchev–Trinajstić information content (AvgIpc) is 3.63. The smallest absolute Gasteiger partial charge is 0.227 e. The molecule has 228 valence electrons. The first-order chi connectivity index (χ1) is 21.9. The molecule has 0 unspecified atom stereocenters. The summed E-state index contributed by atoms with van der Waals surface area (Å²) >= 11 is 12.8. The van der Waals surface area contributed by atoms with Gasteiger partial charge in [0, 0.05) is 78.4 Å². The van der Waals surface area contributed by atoms with E-state index in [9.17, 15) is 19.8 Å². The van der Waals surface area contributed by atoms with Crippen molar-refractivity contribution < 1.29 is 19.8 Å². The van der Waals surface area contributed by atoms with Gasteiger partial charge in [-0.1, -0.05) is 78.9 Å². The molecule has 0 aliphatic carbocycles. The first-order valence-corrected chi connectivity index (χ1v) is 16.2. The van der Waals surface area contributed by atoms with Crippen LogP contribution in [-0.4, -0.2) is 46.9 Å². The van der Waals surface area contributed by atoms with Gasteiger partial charge in [0.2, 0.25) is 11.8 Å². The Kier molecular flexibility index (Phi) is 7.80. The second kappa shape index (κ2) is 11.9. The molecule has 0 bridgehead atoms. The average molecular weight is 640 g/mol. The van der Waals surface area contributed by atoms with Crippen molar-refractivity contribution in [3.05, 3.63) is 108 Å². The number of hydrogen-bond donors (Lipinski definition) is 2. The fraction of sp³-hybridized carbons (Fsp3) is 0.243. The maximum atomic E-state index is 14.1. The van der Waals surface area contributed by atoms with Gasteiger partial charge in [-0.2, -0.15) is 0 Å². The minimum Gasteiger partial charge on any atom is -0.507 e. The van der Waals surface area contributed by atoms with Crippen molar-refractivity contribution in [1.29, 1.82) is 0 Å². The largest absolute Gasteiger partial charge is 0.507 e. The summed E-state index contributed by atoms with van der Waals surface area (Å²) in [6, 6.07) is 28.2. The van der Waals surface area contributed by atoms with Crippen molar-refractivity contribution >= 4 is 67.9 Å². The molecule has 0 spiro atoms. The zero-order valence-corrected chi connectivity index (χ0v) is 26.0. The minimum atomic E-state index is -0.397. The Bertz CT molecular complexity index is 1830. The third kappa shape index (κ3) is 5.06. The first-order valence-electron chi connectivity index (χ1n) is 15.2. The maximum Gasteiger partial charge on any atom is 0.227 e. The third-order valence-corrected chi connectivity index (χ3v) is 10.1. The summed E-state index contributed by atoms with van der Waals surface area (Å²) in [5.74, 6) is 0.0787. The number of nitrogens with zero attached hydrogens (tertiary/aromatic N) is 2. The fourth-order valence-electron chi connectivity index (χ4n) is 7.25. The highest BCUT2D eigenvalue weighted by atomic mass is 35.5. The van der Waals surface area contributed by atoms with Crippen LogP contribution in [-0.2, 0) is 9.59 Å². The number of alkyl halides is 2. The Labute approximate surface area is 271 Å². The molecule has 2 N–H and O–H groups in total. The van der Waals surface area contributed by atoms with Crippen LogP contribution < -0.4 is 9.80 Å². The van der Waals surface area contributed by atoms with E-state index in [2.05, 4.69) is 0 Å². The molecule has 8 heteroatoms. The summed E-state index contributed by atoms with van der Waals surface area (Å²) in [7, 11) is 0. The summed E-state index contributed by atoms with van der Waals surface area (Å²) < 4.78 is 0. The van der Waals surface area contributed by atoms with Crippen LogP contribution in [0, 0.1) is 0 Å². The molecule has 6 nitrogen and oxygen atoms in total. The lowest BCUT2D eigenvalue weighted by atomic mass is 9.91. The van der Waals surface area contributed by atoms with E-state index in [1.807, 2.05) is 78.9 Å². The number of halogens is 2.